The summed E-state index contributed by atoms with van der Waals surface area (Å²) in [6, 6.07) is 12.3. The van der Waals surface area contributed by atoms with Crippen molar-refractivity contribution in [3.05, 3.63) is 138 Å². The Morgan fingerprint density at radius 3 is 1.47 bits per heavy atom. The van der Waals surface area contributed by atoms with Crippen molar-refractivity contribution in [2.24, 2.45) is 23.1 Å². The number of aromatic amines is 2. The monoisotopic (exact) mass is 1750 g/mol. The molecule has 0 unspecified atom stereocenters. The molecule has 4 aromatic carbocycles. The third kappa shape index (κ3) is 31.7. The molecule has 668 valence electrons. The van der Waals surface area contributed by atoms with Crippen LogP contribution in [0.25, 0.3) is 21.8 Å². The Kier molecular flexibility index (Phi) is 40.8. The van der Waals surface area contributed by atoms with Crippen LogP contribution in [0.5, 0.6) is 5.75 Å². The predicted molar refractivity (Wildman–Crippen MR) is 462 cm³/mol. The van der Waals surface area contributed by atoms with Gasteiger partial charge in [0.1, 0.15) is 84.4 Å². The number of hydrogen-bond acceptors (Lipinski definition) is 22. The van der Waals surface area contributed by atoms with Gasteiger partial charge in [0.05, 0.1) is 19.6 Å². The average Bonchev–Trinajstić information content (AvgIpc) is 1.42. The number of aromatic nitrogens is 2. The van der Waals surface area contributed by atoms with Crippen molar-refractivity contribution in [3.8, 4) is 5.75 Å². The summed E-state index contributed by atoms with van der Waals surface area (Å²) in [6.45, 7) is 8.02. The molecular weight excluding hydrogens is 1630 g/mol. The van der Waals surface area contributed by atoms with Gasteiger partial charge in [-0.1, -0.05) is 107 Å². The number of phenols is 1. The lowest BCUT2D eigenvalue weighted by molar-refractivity contribution is -0.141. The van der Waals surface area contributed by atoms with Crippen LogP contribution in [0, 0.1) is 5.92 Å². The van der Waals surface area contributed by atoms with Gasteiger partial charge in [0, 0.05) is 84.9 Å². The van der Waals surface area contributed by atoms with E-state index >= 15 is 14.4 Å². The van der Waals surface area contributed by atoms with Gasteiger partial charge >= 0.3 is 5.97 Å². The van der Waals surface area contributed by atoms with Crippen LogP contribution in [-0.2, 0) is 107 Å². The van der Waals surface area contributed by atoms with E-state index in [1.54, 1.807) is 119 Å². The highest BCUT2D eigenvalue weighted by Crippen LogP contribution is 2.24. The topological polar surface area (TPSA) is 601 Å². The Balaban J connectivity index is 1.22. The van der Waals surface area contributed by atoms with Gasteiger partial charge in [0.15, 0.2) is 0 Å². The molecule has 0 bridgehead atoms. The van der Waals surface area contributed by atoms with Crippen LogP contribution >= 0.6 is 25.3 Å². The number of carboxylic acids is 1. The minimum Gasteiger partial charge on any atom is -0.508 e. The largest absolute Gasteiger partial charge is 0.508 e. The molecule has 6 aromatic rings. The summed E-state index contributed by atoms with van der Waals surface area (Å²) in [5, 5.41) is 57.9. The summed E-state index contributed by atoms with van der Waals surface area (Å²) < 4.78 is 5.37. The highest BCUT2D eigenvalue weighted by molar-refractivity contribution is 7.80. The van der Waals surface area contributed by atoms with Gasteiger partial charge in [-0.05, 0) is 117 Å². The van der Waals surface area contributed by atoms with E-state index in [2.05, 4.69) is 110 Å². The van der Waals surface area contributed by atoms with Gasteiger partial charge in [0.25, 0.3) is 0 Å². The standard InChI is InChI=1S/C83H115N19O19S2/c1-7-83(8-2,82(120)100-60(35-49-19-10-9-11-20-49)73(111)90-42-67(105)87-33-34-121-43-68(106)93-58(71(86)109)25-16-17-31-84)102-80(118)59(26-18-32-85)94-75(113)62(37-51-40-88-56-23-14-12-21-54(51)56)97-74(112)61(36-50-27-29-53(104)30-28-50)96-79(117)66(45-123)99-81(119)70(46(3)4)101-77(115)63(38-52-41-89-57-24-15-13-22-55(52)57)98-76(114)64(39-69(107)108)95-72(110)47(5)91-78(116)65(44-122)92-48(6)103/h9-15,19-24,27-30,40-41,46-47,58-66,70,88-89,104,122-123H,7-8,16-18,25-26,31-39,42-45,84-85H2,1-6H3,(H2,86,109)(H,87,105)(H,90,111)(H,91,116)(H,92,103)(H,93,106)(H,94,113)(H,95,110)(H,96,117)(H,97,112)(H,98,114)(H,99,119)(H,100,120)(H,101,115)(H,102,118)(H,107,108)/t47-,58+,59-,60-,61-,62-,63-,64-,65-,66-,70-/m0/s1. The van der Waals surface area contributed by atoms with E-state index in [0.717, 1.165) is 0 Å². The Morgan fingerprint density at radius 1 is 0.472 bits per heavy atom. The van der Waals surface area contributed by atoms with E-state index in [9.17, 15) is 72.5 Å². The van der Waals surface area contributed by atoms with E-state index in [4.69, 9.17) is 21.9 Å². The van der Waals surface area contributed by atoms with Crippen LogP contribution in [-0.4, -0.2) is 238 Å². The number of phenolic OH excluding ortho intramolecular Hbond substituents is 1. The second-order valence-electron chi connectivity index (χ2n) is 29.9. The molecule has 0 aliphatic rings. The number of carbonyl (C=O) groups is 16. The molecule has 15 amide bonds. The molecular formula is C83H115N19O19S2. The second-order valence-corrected chi connectivity index (χ2v) is 30.6. The molecule has 38 nitrogen and oxygen atoms in total. The average molecular weight is 1750 g/mol. The summed E-state index contributed by atoms with van der Waals surface area (Å²) in [4.78, 5) is 227. The van der Waals surface area contributed by atoms with Crippen molar-refractivity contribution in [2.75, 3.05) is 50.9 Å². The number of benzene rings is 4. The first-order valence-electron chi connectivity index (χ1n) is 40.5. The van der Waals surface area contributed by atoms with E-state index in [1.807, 2.05) is 0 Å². The number of carbonyl (C=O) groups excluding carboxylic acids is 15. The zero-order valence-corrected chi connectivity index (χ0v) is 71.3. The van der Waals surface area contributed by atoms with Crippen LogP contribution in [0.4, 0.5) is 0 Å². The Morgan fingerprint density at radius 2 is 0.943 bits per heavy atom. The molecule has 2 aromatic heterocycles. The number of amides is 15. The SMILES string of the molecule is CCC(CC)(NC(=O)[C@H](CCCN)NC(=O)[C@H](Cc1c[nH]c2ccccc12)NC(=O)[C@H](Cc1ccc(O)cc1)NC(=O)[C@H](CS)NC(=O)[C@@H](NC(=O)[C@H](Cc1c[nH]c2ccccc12)NC(=O)[C@H](CC(=O)O)NC(=O)[C@H](C)NC(=O)[C@H](CS)NC(C)=O)C(C)C)C(=O)N[C@@H](Cc1ccccc1)C(=O)NCC(=O)NCCOCC(=O)N[C@H](CCCCN)C(N)=O. The molecule has 0 fully saturated rings. The molecule has 0 saturated carbocycles. The number of fused-ring (bicyclic) bond motifs is 2. The van der Waals surface area contributed by atoms with Crippen molar-refractivity contribution in [3.63, 3.8) is 0 Å². The molecule has 0 saturated heterocycles. The molecule has 40 heteroatoms. The number of H-pyrrole nitrogens is 2. The number of unbranched alkanes of at least 4 members (excludes halogenated alkanes) is 1. The molecule has 123 heavy (non-hydrogen) atoms. The normalized spacial score (nSPS) is 14.0. The fraction of sp³-hybridized carbons (Fsp3) is 0.470. The summed E-state index contributed by atoms with van der Waals surface area (Å²) >= 11 is 8.51. The first-order chi connectivity index (χ1) is 58.7. The van der Waals surface area contributed by atoms with Gasteiger partial charge < -0.3 is 117 Å². The van der Waals surface area contributed by atoms with Crippen molar-refractivity contribution in [1.29, 1.82) is 0 Å². The van der Waals surface area contributed by atoms with Gasteiger partial charge in [-0.15, -0.1) is 0 Å². The number of nitrogens with two attached hydrogens (primary N) is 3. The lowest BCUT2D eigenvalue weighted by Crippen LogP contribution is -2.65. The highest BCUT2D eigenvalue weighted by atomic mass is 32.1. The summed E-state index contributed by atoms with van der Waals surface area (Å²) in [6.07, 6.45) is 2.68. The van der Waals surface area contributed by atoms with E-state index in [0.29, 0.717) is 69.9 Å². The number of nitrogens with one attached hydrogen (secondary N) is 16. The fourth-order valence-electron chi connectivity index (χ4n) is 13.2. The minimum atomic E-state index is -1.86. The molecule has 11 atom stereocenters. The van der Waals surface area contributed by atoms with Gasteiger partial charge in [-0.3, -0.25) is 76.7 Å². The quantitative estimate of drug-likeness (QED) is 0.0149. The number of primary amides is 1. The van der Waals surface area contributed by atoms with Gasteiger partial charge in [-0.25, -0.2) is 0 Å². The van der Waals surface area contributed by atoms with E-state index < -0.39 is 198 Å². The zero-order valence-electron chi connectivity index (χ0n) is 69.5. The molecule has 0 radical (unpaired) electrons. The number of rotatable bonds is 53. The van der Waals surface area contributed by atoms with Crippen LogP contribution < -0.4 is 91.6 Å². The van der Waals surface area contributed by atoms with Gasteiger partial charge in [-0.2, -0.15) is 25.3 Å². The van der Waals surface area contributed by atoms with Crippen molar-refractivity contribution in [2.45, 2.75) is 191 Å². The van der Waals surface area contributed by atoms with Gasteiger partial charge in [0.2, 0.25) is 88.6 Å². The lowest BCUT2D eigenvalue weighted by Gasteiger charge is -2.35. The van der Waals surface area contributed by atoms with E-state index in [1.165, 1.54) is 38.1 Å². The third-order valence-corrected chi connectivity index (χ3v) is 21.0. The molecule has 6 rings (SSSR count). The Hall–Kier alpha value is -12.1. The molecule has 24 N–H and O–H groups in total. The maximum atomic E-state index is 15.3. The summed E-state index contributed by atoms with van der Waals surface area (Å²) in [5.41, 5.74) is 18.5. The maximum Gasteiger partial charge on any atom is 0.305 e. The van der Waals surface area contributed by atoms with E-state index in [-0.39, 0.29) is 82.6 Å². The molecule has 2 heterocycles. The minimum absolute atomic E-state index is 0.0294. The number of hydrogen-bond donors (Lipinski definition) is 23. The Bertz CT molecular complexity index is 4620. The number of thiol groups is 2. The second kappa shape index (κ2) is 50.3. The number of aromatic hydroxyl groups is 1. The summed E-state index contributed by atoms with van der Waals surface area (Å²) in [7, 11) is 0. The smallest absolute Gasteiger partial charge is 0.305 e. The fourth-order valence-corrected chi connectivity index (χ4v) is 13.8. The molecule has 0 spiro atoms. The molecule has 0 aliphatic heterocycles. The van der Waals surface area contributed by atoms with Crippen molar-refractivity contribution < 1.29 is 91.7 Å². The third-order valence-electron chi connectivity index (χ3n) is 20.3. The van der Waals surface area contributed by atoms with Crippen LogP contribution in [0.15, 0.2) is 116 Å². The predicted octanol–water partition coefficient (Wildman–Crippen LogP) is -1.73. The van der Waals surface area contributed by atoms with Crippen LogP contribution in [0.1, 0.15) is 115 Å². The molecule has 0 aliphatic carbocycles. The van der Waals surface area contributed by atoms with Crippen LogP contribution in [0.3, 0.4) is 0 Å². The maximum absolute atomic E-state index is 15.3. The highest BCUT2D eigenvalue weighted by Gasteiger charge is 2.42. The number of aliphatic carboxylic acids is 1. The van der Waals surface area contributed by atoms with Crippen LogP contribution in [0.2, 0.25) is 0 Å². The number of para-hydroxylation sites is 2. The number of carboxylic acid groups (broad SMARTS) is 1. The lowest BCUT2D eigenvalue weighted by atomic mass is 9.90. The van der Waals surface area contributed by atoms with Crippen molar-refractivity contribution in [1.82, 2.24) is 84.4 Å². The van der Waals surface area contributed by atoms with Crippen molar-refractivity contribution >= 4 is 142 Å². The first kappa shape index (κ1) is 99.7. The first-order valence-corrected chi connectivity index (χ1v) is 41.7. The summed E-state index contributed by atoms with van der Waals surface area (Å²) in [5.74, 6) is -15.8. The Labute approximate surface area is 722 Å². The zero-order chi connectivity index (χ0) is 90.5. The number of ether oxygens (including phenoxy) is 1.